The van der Waals surface area contributed by atoms with Crippen LogP contribution in [-0.2, 0) is 19.0 Å². The lowest BCUT2D eigenvalue weighted by atomic mass is 9.79. The lowest BCUT2D eigenvalue weighted by Crippen LogP contribution is -2.47. The SMILES string of the molecule is Cc1nnc(CN=C(NCC2(c3ccccc3)CCCC2)NC2CCCC2)n1C. The molecule has 4 rings (SSSR count). The Morgan fingerprint density at radius 3 is 2.48 bits per heavy atom. The van der Waals surface area contributed by atoms with E-state index in [2.05, 4.69) is 51.2 Å². The van der Waals surface area contributed by atoms with Crippen LogP contribution in [0.2, 0.25) is 0 Å². The summed E-state index contributed by atoms with van der Waals surface area (Å²) >= 11 is 0. The second-order valence-corrected chi connectivity index (χ2v) is 8.72. The fourth-order valence-corrected chi connectivity index (χ4v) is 4.82. The summed E-state index contributed by atoms with van der Waals surface area (Å²) in [6.45, 7) is 3.44. The topological polar surface area (TPSA) is 67.1 Å². The quantitative estimate of drug-likeness (QED) is 0.580. The van der Waals surface area contributed by atoms with E-state index >= 15 is 0 Å². The third-order valence-electron chi connectivity index (χ3n) is 6.80. The first-order valence-electron chi connectivity index (χ1n) is 11.1. The molecule has 156 valence electrons. The average molecular weight is 395 g/mol. The first-order chi connectivity index (χ1) is 14.2. The monoisotopic (exact) mass is 394 g/mol. The van der Waals surface area contributed by atoms with E-state index in [4.69, 9.17) is 4.99 Å². The van der Waals surface area contributed by atoms with E-state index in [1.807, 2.05) is 18.5 Å². The van der Waals surface area contributed by atoms with Crippen LogP contribution >= 0.6 is 0 Å². The number of rotatable bonds is 6. The van der Waals surface area contributed by atoms with Gasteiger partial charge < -0.3 is 15.2 Å². The molecule has 6 nitrogen and oxygen atoms in total. The molecule has 0 atom stereocenters. The maximum atomic E-state index is 4.89. The molecular weight excluding hydrogens is 360 g/mol. The Morgan fingerprint density at radius 2 is 1.83 bits per heavy atom. The minimum Gasteiger partial charge on any atom is -0.355 e. The number of hydrogen-bond acceptors (Lipinski definition) is 3. The average Bonchev–Trinajstić information content (AvgIpc) is 3.49. The van der Waals surface area contributed by atoms with E-state index < -0.39 is 0 Å². The van der Waals surface area contributed by atoms with Crippen molar-refractivity contribution < 1.29 is 0 Å². The fourth-order valence-electron chi connectivity index (χ4n) is 4.82. The molecule has 2 aliphatic carbocycles. The first-order valence-corrected chi connectivity index (χ1v) is 11.1. The highest BCUT2D eigenvalue weighted by molar-refractivity contribution is 5.80. The van der Waals surface area contributed by atoms with Gasteiger partial charge in [-0.3, -0.25) is 0 Å². The predicted octanol–water partition coefficient (Wildman–Crippen LogP) is 3.61. The summed E-state index contributed by atoms with van der Waals surface area (Å²) < 4.78 is 2.01. The summed E-state index contributed by atoms with van der Waals surface area (Å²) in [5.74, 6) is 2.73. The number of guanidine groups is 1. The Balaban J connectivity index is 1.49. The van der Waals surface area contributed by atoms with Gasteiger partial charge in [0.25, 0.3) is 0 Å². The Hall–Kier alpha value is -2.37. The summed E-state index contributed by atoms with van der Waals surface area (Å²) in [5.41, 5.74) is 1.66. The molecule has 1 aromatic heterocycles. The van der Waals surface area contributed by atoms with Gasteiger partial charge in [0.05, 0.1) is 0 Å². The summed E-state index contributed by atoms with van der Waals surface area (Å²) in [6, 6.07) is 11.5. The number of aliphatic imine (C=N–C) groups is 1. The molecule has 1 aromatic carbocycles. The van der Waals surface area contributed by atoms with E-state index in [0.717, 1.165) is 24.2 Å². The van der Waals surface area contributed by atoms with Crippen molar-refractivity contribution in [2.45, 2.75) is 76.3 Å². The molecule has 0 unspecified atom stereocenters. The summed E-state index contributed by atoms with van der Waals surface area (Å²) in [7, 11) is 2.00. The van der Waals surface area contributed by atoms with Gasteiger partial charge in [0.1, 0.15) is 12.4 Å². The summed E-state index contributed by atoms with van der Waals surface area (Å²) in [6.07, 6.45) is 10.2. The van der Waals surface area contributed by atoms with Crippen LogP contribution in [0.15, 0.2) is 35.3 Å². The van der Waals surface area contributed by atoms with Crippen molar-refractivity contribution in [2.75, 3.05) is 6.54 Å². The highest BCUT2D eigenvalue weighted by Gasteiger charge is 2.35. The Bertz CT molecular complexity index is 813. The predicted molar refractivity (Wildman–Crippen MR) is 117 cm³/mol. The van der Waals surface area contributed by atoms with Gasteiger partial charge in [0, 0.05) is 25.0 Å². The number of nitrogens with one attached hydrogen (secondary N) is 2. The van der Waals surface area contributed by atoms with E-state index in [0.29, 0.717) is 12.6 Å². The van der Waals surface area contributed by atoms with Crippen molar-refractivity contribution in [1.82, 2.24) is 25.4 Å². The molecule has 0 saturated heterocycles. The molecule has 2 N–H and O–H groups in total. The van der Waals surface area contributed by atoms with Crippen molar-refractivity contribution >= 4 is 5.96 Å². The third-order valence-corrected chi connectivity index (χ3v) is 6.80. The standard InChI is InChI=1S/C23H34N6/c1-18-27-28-21(29(18)2)16-24-22(26-20-12-6-7-13-20)25-17-23(14-8-9-15-23)19-10-4-3-5-11-19/h3-5,10-11,20H,6-9,12-17H2,1-2H3,(H2,24,25,26). The number of nitrogens with zero attached hydrogens (tertiary/aromatic N) is 4. The van der Waals surface area contributed by atoms with Gasteiger partial charge in [-0.1, -0.05) is 56.0 Å². The highest BCUT2D eigenvalue weighted by Crippen LogP contribution is 2.40. The van der Waals surface area contributed by atoms with Crippen LogP contribution in [0.4, 0.5) is 0 Å². The number of hydrogen-bond donors (Lipinski definition) is 2. The minimum atomic E-state index is 0.209. The molecule has 0 radical (unpaired) electrons. The highest BCUT2D eigenvalue weighted by atomic mass is 15.3. The second kappa shape index (κ2) is 8.97. The van der Waals surface area contributed by atoms with E-state index in [-0.39, 0.29) is 5.41 Å². The zero-order valence-electron chi connectivity index (χ0n) is 17.8. The first kappa shape index (κ1) is 19.9. The van der Waals surface area contributed by atoms with Crippen LogP contribution in [0.3, 0.4) is 0 Å². The minimum absolute atomic E-state index is 0.209. The lowest BCUT2D eigenvalue weighted by Gasteiger charge is -2.31. The van der Waals surface area contributed by atoms with Gasteiger partial charge in [-0.25, -0.2) is 4.99 Å². The maximum Gasteiger partial charge on any atom is 0.191 e. The van der Waals surface area contributed by atoms with Crippen LogP contribution in [-0.4, -0.2) is 33.3 Å². The van der Waals surface area contributed by atoms with E-state index in [1.54, 1.807) is 0 Å². The fraction of sp³-hybridized carbons (Fsp3) is 0.609. The molecule has 2 fully saturated rings. The molecule has 2 saturated carbocycles. The van der Waals surface area contributed by atoms with Crippen LogP contribution in [0.5, 0.6) is 0 Å². The molecule has 0 amide bonds. The van der Waals surface area contributed by atoms with Gasteiger partial charge in [-0.2, -0.15) is 0 Å². The zero-order valence-corrected chi connectivity index (χ0v) is 17.8. The van der Waals surface area contributed by atoms with Gasteiger partial charge in [0.15, 0.2) is 11.8 Å². The third kappa shape index (κ3) is 4.62. The molecule has 0 bridgehead atoms. The number of benzene rings is 1. The van der Waals surface area contributed by atoms with Crippen LogP contribution in [0.1, 0.15) is 68.6 Å². The second-order valence-electron chi connectivity index (χ2n) is 8.72. The molecule has 2 aromatic rings. The molecule has 0 spiro atoms. The van der Waals surface area contributed by atoms with Crippen molar-refractivity contribution in [3.63, 3.8) is 0 Å². The van der Waals surface area contributed by atoms with Crippen LogP contribution in [0, 0.1) is 6.92 Å². The molecule has 1 heterocycles. The largest absolute Gasteiger partial charge is 0.355 e. The van der Waals surface area contributed by atoms with Gasteiger partial charge in [-0.15, -0.1) is 10.2 Å². The summed E-state index contributed by atoms with van der Waals surface area (Å²) in [4.78, 5) is 4.89. The molecule has 2 aliphatic rings. The maximum absolute atomic E-state index is 4.89. The van der Waals surface area contributed by atoms with Crippen LogP contribution < -0.4 is 10.6 Å². The summed E-state index contributed by atoms with van der Waals surface area (Å²) in [5, 5.41) is 15.8. The van der Waals surface area contributed by atoms with Crippen LogP contribution in [0.25, 0.3) is 0 Å². The Kier molecular flexibility index (Phi) is 6.16. The lowest BCUT2D eigenvalue weighted by molar-refractivity contribution is 0.429. The molecule has 29 heavy (non-hydrogen) atoms. The molecule has 0 aliphatic heterocycles. The van der Waals surface area contributed by atoms with Gasteiger partial charge in [0.2, 0.25) is 0 Å². The van der Waals surface area contributed by atoms with E-state index in [1.165, 1.54) is 56.9 Å². The normalized spacial score (nSPS) is 19.6. The van der Waals surface area contributed by atoms with Gasteiger partial charge in [-0.05, 0) is 38.2 Å². The number of aryl methyl sites for hydroxylation is 1. The van der Waals surface area contributed by atoms with Gasteiger partial charge >= 0.3 is 0 Å². The Morgan fingerprint density at radius 1 is 1.10 bits per heavy atom. The number of aromatic nitrogens is 3. The van der Waals surface area contributed by atoms with Crippen molar-refractivity contribution in [3.05, 3.63) is 47.5 Å². The Labute approximate surface area is 174 Å². The molecule has 6 heteroatoms. The zero-order chi connectivity index (χ0) is 20.1. The van der Waals surface area contributed by atoms with Crippen molar-refractivity contribution in [1.29, 1.82) is 0 Å². The smallest absolute Gasteiger partial charge is 0.191 e. The molecular formula is C23H34N6. The van der Waals surface area contributed by atoms with E-state index in [9.17, 15) is 0 Å². The van der Waals surface area contributed by atoms with Crippen molar-refractivity contribution in [2.24, 2.45) is 12.0 Å². The van der Waals surface area contributed by atoms with Crippen molar-refractivity contribution in [3.8, 4) is 0 Å².